The Morgan fingerprint density at radius 1 is 1.19 bits per heavy atom. The van der Waals surface area contributed by atoms with Crippen molar-refractivity contribution in [1.82, 2.24) is 14.9 Å². The zero-order valence-electron chi connectivity index (χ0n) is 14.6. The molecule has 144 valence electrons. The van der Waals surface area contributed by atoms with Crippen LogP contribution in [-0.2, 0) is 24.3 Å². The monoisotopic (exact) mass is 387 g/mol. The minimum absolute atomic E-state index is 0.0368. The highest BCUT2D eigenvalue weighted by molar-refractivity contribution is 7.89. The van der Waals surface area contributed by atoms with Crippen LogP contribution >= 0.6 is 0 Å². The van der Waals surface area contributed by atoms with Crippen LogP contribution in [0.3, 0.4) is 0 Å². The van der Waals surface area contributed by atoms with E-state index >= 15 is 0 Å². The number of amides is 3. The van der Waals surface area contributed by atoms with Gasteiger partial charge in [0.1, 0.15) is 0 Å². The minimum atomic E-state index is -3.71. The van der Waals surface area contributed by atoms with E-state index in [0.29, 0.717) is 0 Å². The number of carbonyl (C=O) groups is 3. The summed E-state index contributed by atoms with van der Waals surface area (Å²) in [4.78, 5) is 34.8. The number of carbonyl (C=O) groups excluding carboxylic acids is 3. The highest BCUT2D eigenvalue weighted by Gasteiger charge is 2.19. The molecule has 10 nitrogen and oxygen atoms in total. The minimum Gasteiger partial charge on any atom is -0.452 e. The van der Waals surface area contributed by atoms with Gasteiger partial charge in [0.05, 0.1) is 17.1 Å². The van der Waals surface area contributed by atoms with E-state index < -0.39 is 34.5 Å². The van der Waals surface area contributed by atoms with Gasteiger partial charge in [0.2, 0.25) is 10.0 Å². The third-order valence-electron chi connectivity index (χ3n) is 3.03. The largest absolute Gasteiger partial charge is 0.452 e. The van der Waals surface area contributed by atoms with Crippen LogP contribution in [0.4, 0.5) is 4.79 Å². The van der Waals surface area contributed by atoms with Crippen LogP contribution in [0.25, 0.3) is 0 Å². The maximum absolute atomic E-state index is 12.1. The van der Waals surface area contributed by atoms with Gasteiger partial charge >= 0.3 is 12.0 Å². The highest BCUT2D eigenvalue weighted by atomic mass is 32.2. The first-order valence-electron chi connectivity index (χ1n) is 7.45. The molecule has 0 aromatic heterocycles. The van der Waals surface area contributed by atoms with Crippen molar-refractivity contribution in [2.75, 3.05) is 41.0 Å². The van der Waals surface area contributed by atoms with Crippen LogP contribution in [0.2, 0.25) is 0 Å². The first kappa shape index (κ1) is 21.5. The topological polar surface area (TPSA) is 131 Å². The molecule has 0 unspecified atom stereocenters. The number of rotatable bonds is 8. The number of hydrogen-bond acceptors (Lipinski definition) is 7. The van der Waals surface area contributed by atoms with Crippen molar-refractivity contribution in [3.05, 3.63) is 29.8 Å². The van der Waals surface area contributed by atoms with Crippen LogP contribution in [0.1, 0.15) is 10.4 Å². The van der Waals surface area contributed by atoms with Crippen molar-refractivity contribution in [3.63, 3.8) is 0 Å². The average molecular weight is 387 g/mol. The summed E-state index contributed by atoms with van der Waals surface area (Å²) in [5, 5.41) is 4.33. The molecule has 0 spiro atoms. The second-order valence-corrected chi connectivity index (χ2v) is 7.34. The van der Waals surface area contributed by atoms with E-state index in [1.165, 1.54) is 39.4 Å². The number of nitrogens with zero attached hydrogens (tertiary/aromatic N) is 1. The molecule has 0 aliphatic carbocycles. The molecule has 0 atom stereocenters. The summed E-state index contributed by atoms with van der Waals surface area (Å²) in [6.07, 6.45) is 0. The standard InChI is InChI=1S/C15H21N3O7S/c1-18(2)26(22,23)12-6-4-5-11(9-12)14(20)25-10-13(19)17-15(21)16-7-8-24-3/h4-6,9H,7-8,10H2,1-3H3,(H2,16,17,19,21). The number of imide groups is 1. The lowest BCUT2D eigenvalue weighted by molar-refractivity contribution is -0.123. The molecule has 1 aromatic carbocycles. The van der Waals surface area contributed by atoms with E-state index in [1.54, 1.807) is 0 Å². The van der Waals surface area contributed by atoms with E-state index in [4.69, 9.17) is 9.47 Å². The number of nitrogens with one attached hydrogen (secondary N) is 2. The third kappa shape index (κ3) is 6.43. The van der Waals surface area contributed by atoms with Gasteiger partial charge in [-0.05, 0) is 18.2 Å². The van der Waals surface area contributed by atoms with Crippen molar-refractivity contribution >= 4 is 27.9 Å². The number of methoxy groups -OCH3 is 1. The van der Waals surface area contributed by atoms with E-state index in [1.807, 2.05) is 5.32 Å². The fourth-order valence-corrected chi connectivity index (χ4v) is 2.63. The molecule has 1 aromatic rings. The van der Waals surface area contributed by atoms with Crippen molar-refractivity contribution < 1.29 is 32.3 Å². The predicted octanol–water partition coefficient (Wildman–Crippen LogP) is -0.434. The summed E-state index contributed by atoms with van der Waals surface area (Å²) >= 11 is 0. The molecule has 3 amide bonds. The molecular formula is C15H21N3O7S. The lowest BCUT2D eigenvalue weighted by Gasteiger charge is -2.12. The Bertz CT molecular complexity index is 762. The average Bonchev–Trinajstić information content (AvgIpc) is 2.59. The smallest absolute Gasteiger partial charge is 0.338 e. The van der Waals surface area contributed by atoms with Crippen molar-refractivity contribution in [1.29, 1.82) is 0 Å². The summed E-state index contributed by atoms with van der Waals surface area (Å²) in [6.45, 7) is -0.202. The maximum Gasteiger partial charge on any atom is 0.338 e. The molecule has 0 fully saturated rings. The molecule has 0 radical (unpaired) electrons. The second-order valence-electron chi connectivity index (χ2n) is 5.19. The number of ether oxygens (including phenoxy) is 2. The first-order valence-corrected chi connectivity index (χ1v) is 8.89. The van der Waals surface area contributed by atoms with Gasteiger partial charge in [0.15, 0.2) is 6.61 Å². The fourth-order valence-electron chi connectivity index (χ4n) is 1.68. The lowest BCUT2D eigenvalue weighted by atomic mass is 10.2. The SMILES string of the molecule is COCCNC(=O)NC(=O)COC(=O)c1cccc(S(=O)(=O)N(C)C)c1. The molecule has 0 aliphatic heterocycles. The zero-order valence-corrected chi connectivity index (χ0v) is 15.5. The van der Waals surface area contributed by atoms with Gasteiger partial charge in [-0.3, -0.25) is 10.1 Å². The Kier molecular flexibility index (Phi) is 8.16. The van der Waals surface area contributed by atoms with Crippen LogP contribution in [0.15, 0.2) is 29.2 Å². The molecule has 0 bridgehead atoms. The van der Waals surface area contributed by atoms with Gasteiger partial charge in [-0.1, -0.05) is 6.07 Å². The van der Waals surface area contributed by atoms with Gasteiger partial charge in [0, 0.05) is 27.7 Å². The maximum atomic E-state index is 12.1. The molecule has 11 heteroatoms. The van der Waals surface area contributed by atoms with Gasteiger partial charge < -0.3 is 14.8 Å². The number of sulfonamides is 1. The summed E-state index contributed by atoms with van der Waals surface area (Å²) in [5.41, 5.74) is -0.0368. The Morgan fingerprint density at radius 2 is 1.88 bits per heavy atom. The molecule has 0 saturated carbocycles. The van der Waals surface area contributed by atoms with Gasteiger partial charge in [-0.2, -0.15) is 0 Å². The third-order valence-corrected chi connectivity index (χ3v) is 4.84. The van der Waals surface area contributed by atoms with Crippen LogP contribution in [-0.4, -0.2) is 71.6 Å². The fraction of sp³-hybridized carbons (Fsp3) is 0.400. The summed E-state index contributed by atoms with van der Waals surface area (Å²) in [6, 6.07) is 4.47. The van der Waals surface area contributed by atoms with Crippen LogP contribution in [0, 0.1) is 0 Å². The van der Waals surface area contributed by atoms with E-state index in [0.717, 1.165) is 10.4 Å². The summed E-state index contributed by atoms with van der Waals surface area (Å²) < 4.78 is 34.6. The lowest BCUT2D eigenvalue weighted by Crippen LogP contribution is -2.42. The quantitative estimate of drug-likeness (QED) is 0.457. The van der Waals surface area contributed by atoms with Gasteiger partial charge in [-0.15, -0.1) is 0 Å². The van der Waals surface area contributed by atoms with Crippen molar-refractivity contribution in [2.24, 2.45) is 0 Å². The first-order chi connectivity index (χ1) is 12.2. The Labute approximate surface area is 151 Å². The Hall–Kier alpha value is -2.50. The number of urea groups is 1. The molecule has 0 heterocycles. The van der Waals surface area contributed by atoms with E-state index in [9.17, 15) is 22.8 Å². The molecule has 2 N–H and O–H groups in total. The highest BCUT2D eigenvalue weighted by Crippen LogP contribution is 2.15. The summed E-state index contributed by atoms with van der Waals surface area (Å²) in [7, 11) is 0.480. The van der Waals surface area contributed by atoms with Gasteiger partial charge in [-0.25, -0.2) is 22.3 Å². The zero-order chi connectivity index (χ0) is 19.7. The number of benzene rings is 1. The summed E-state index contributed by atoms with van der Waals surface area (Å²) in [5.74, 6) is -1.72. The molecule has 26 heavy (non-hydrogen) atoms. The molecular weight excluding hydrogens is 366 g/mol. The van der Waals surface area contributed by atoms with Crippen LogP contribution < -0.4 is 10.6 Å². The Morgan fingerprint density at radius 3 is 2.50 bits per heavy atom. The number of esters is 1. The van der Waals surface area contributed by atoms with E-state index in [2.05, 4.69) is 5.32 Å². The molecule has 0 saturated heterocycles. The molecule has 0 aliphatic rings. The number of hydrogen-bond donors (Lipinski definition) is 2. The van der Waals surface area contributed by atoms with Crippen molar-refractivity contribution in [2.45, 2.75) is 4.90 Å². The van der Waals surface area contributed by atoms with Gasteiger partial charge in [0.25, 0.3) is 5.91 Å². The predicted molar refractivity (Wildman–Crippen MR) is 91.0 cm³/mol. The van der Waals surface area contributed by atoms with Crippen molar-refractivity contribution in [3.8, 4) is 0 Å². The Balaban J connectivity index is 2.61. The molecule has 1 rings (SSSR count). The van der Waals surface area contributed by atoms with E-state index in [-0.39, 0.29) is 23.6 Å². The second kappa shape index (κ2) is 9.85. The van der Waals surface area contributed by atoms with Crippen LogP contribution in [0.5, 0.6) is 0 Å². The normalized spacial score (nSPS) is 11.1.